The van der Waals surface area contributed by atoms with E-state index in [2.05, 4.69) is 28.3 Å². The summed E-state index contributed by atoms with van der Waals surface area (Å²) >= 11 is 0. The standard InChI is InChI=1S/C16H21N3O2/c1-11-3-2-4-13-15(11)19-14(18-13)5-8-17-16(20)12-6-9-21-10-7-12/h2-4,12H,5-10H2,1H3,(H,17,20)(H,18,19). The van der Waals surface area contributed by atoms with Gasteiger partial charge in [-0.05, 0) is 31.4 Å². The normalized spacial score (nSPS) is 16.2. The molecular weight excluding hydrogens is 266 g/mol. The van der Waals surface area contributed by atoms with Crippen molar-refractivity contribution in [3.63, 3.8) is 0 Å². The van der Waals surface area contributed by atoms with E-state index in [9.17, 15) is 4.79 Å². The molecule has 0 bridgehead atoms. The summed E-state index contributed by atoms with van der Waals surface area (Å²) in [4.78, 5) is 19.9. The predicted octanol–water partition coefficient (Wildman–Crippen LogP) is 1.96. The fourth-order valence-corrected chi connectivity index (χ4v) is 2.75. The molecule has 2 N–H and O–H groups in total. The monoisotopic (exact) mass is 287 g/mol. The number of amides is 1. The number of nitrogens with one attached hydrogen (secondary N) is 2. The van der Waals surface area contributed by atoms with Crippen LogP contribution in [0.5, 0.6) is 0 Å². The molecule has 0 aliphatic carbocycles. The first-order chi connectivity index (χ1) is 10.2. The van der Waals surface area contributed by atoms with Crippen molar-refractivity contribution in [3.05, 3.63) is 29.6 Å². The number of aryl methyl sites for hydroxylation is 1. The number of rotatable bonds is 4. The maximum atomic E-state index is 12.0. The van der Waals surface area contributed by atoms with Gasteiger partial charge in [0.25, 0.3) is 0 Å². The Kier molecular flexibility index (Phi) is 4.20. The SMILES string of the molecule is Cc1cccc2[nH]c(CCNC(=O)C3CCOCC3)nc12. The van der Waals surface area contributed by atoms with Gasteiger partial charge in [0, 0.05) is 32.1 Å². The van der Waals surface area contributed by atoms with Gasteiger partial charge in [-0.2, -0.15) is 0 Å². The first-order valence-corrected chi connectivity index (χ1v) is 7.53. The van der Waals surface area contributed by atoms with Gasteiger partial charge in [0.05, 0.1) is 11.0 Å². The zero-order valence-corrected chi connectivity index (χ0v) is 12.3. The molecular formula is C16H21N3O2. The molecule has 0 atom stereocenters. The van der Waals surface area contributed by atoms with Crippen LogP contribution in [0.25, 0.3) is 11.0 Å². The number of carbonyl (C=O) groups is 1. The molecule has 3 rings (SSSR count). The van der Waals surface area contributed by atoms with E-state index < -0.39 is 0 Å². The third-order valence-electron chi connectivity index (χ3n) is 4.02. The van der Waals surface area contributed by atoms with Crippen LogP contribution in [0.15, 0.2) is 18.2 Å². The van der Waals surface area contributed by atoms with Crippen LogP contribution in [0.2, 0.25) is 0 Å². The fraction of sp³-hybridized carbons (Fsp3) is 0.500. The minimum atomic E-state index is 0.108. The molecule has 0 spiro atoms. The van der Waals surface area contributed by atoms with Crippen molar-refractivity contribution in [1.82, 2.24) is 15.3 Å². The summed E-state index contributed by atoms with van der Waals surface area (Å²) in [5, 5.41) is 3.01. The van der Waals surface area contributed by atoms with Crippen LogP contribution < -0.4 is 5.32 Å². The first kappa shape index (κ1) is 14.1. The molecule has 1 aliphatic heterocycles. The summed E-state index contributed by atoms with van der Waals surface area (Å²) in [6, 6.07) is 6.10. The van der Waals surface area contributed by atoms with E-state index in [4.69, 9.17) is 4.74 Å². The lowest BCUT2D eigenvalue weighted by atomic mass is 9.99. The molecule has 1 aromatic heterocycles. The van der Waals surface area contributed by atoms with E-state index in [1.54, 1.807) is 0 Å². The van der Waals surface area contributed by atoms with Gasteiger partial charge in [-0.3, -0.25) is 4.79 Å². The number of para-hydroxylation sites is 1. The zero-order chi connectivity index (χ0) is 14.7. The van der Waals surface area contributed by atoms with E-state index in [0.29, 0.717) is 19.8 Å². The quantitative estimate of drug-likeness (QED) is 0.903. The third kappa shape index (κ3) is 3.24. The average Bonchev–Trinajstić information content (AvgIpc) is 2.92. The number of aromatic amines is 1. The van der Waals surface area contributed by atoms with E-state index in [1.165, 1.54) is 5.56 Å². The van der Waals surface area contributed by atoms with E-state index in [1.807, 2.05) is 12.1 Å². The molecule has 0 radical (unpaired) electrons. The van der Waals surface area contributed by atoms with Gasteiger partial charge in [0.2, 0.25) is 5.91 Å². The minimum absolute atomic E-state index is 0.108. The second kappa shape index (κ2) is 6.26. The van der Waals surface area contributed by atoms with Crippen LogP contribution in [0.1, 0.15) is 24.2 Å². The highest BCUT2D eigenvalue weighted by Crippen LogP contribution is 2.16. The van der Waals surface area contributed by atoms with Crippen molar-refractivity contribution in [1.29, 1.82) is 0 Å². The second-order valence-corrected chi connectivity index (χ2v) is 5.58. The number of H-pyrrole nitrogens is 1. The Labute approximate surface area is 124 Å². The van der Waals surface area contributed by atoms with E-state index >= 15 is 0 Å². The molecule has 0 saturated carbocycles. The Morgan fingerprint density at radius 1 is 1.43 bits per heavy atom. The van der Waals surface area contributed by atoms with Crippen LogP contribution >= 0.6 is 0 Å². The Hall–Kier alpha value is -1.88. The molecule has 21 heavy (non-hydrogen) atoms. The number of benzene rings is 1. The maximum Gasteiger partial charge on any atom is 0.223 e. The van der Waals surface area contributed by atoms with Gasteiger partial charge in [0.1, 0.15) is 5.82 Å². The molecule has 1 amide bonds. The summed E-state index contributed by atoms with van der Waals surface area (Å²) in [6.07, 6.45) is 2.38. The zero-order valence-electron chi connectivity index (χ0n) is 12.3. The van der Waals surface area contributed by atoms with Crippen molar-refractivity contribution in [2.75, 3.05) is 19.8 Å². The highest BCUT2D eigenvalue weighted by molar-refractivity contribution is 5.79. The Morgan fingerprint density at radius 3 is 3.00 bits per heavy atom. The topological polar surface area (TPSA) is 67.0 Å². The number of carbonyl (C=O) groups excluding carboxylic acids is 1. The Bertz CT molecular complexity index is 629. The average molecular weight is 287 g/mol. The lowest BCUT2D eigenvalue weighted by Crippen LogP contribution is -2.35. The Morgan fingerprint density at radius 2 is 2.24 bits per heavy atom. The molecule has 1 fully saturated rings. The van der Waals surface area contributed by atoms with E-state index in [0.717, 1.165) is 36.1 Å². The second-order valence-electron chi connectivity index (χ2n) is 5.58. The molecule has 5 nitrogen and oxygen atoms in total. The van der Waals surface area contributed by atoms with Crippen LogP contribution in [-0.4, -0.2) is 35.6 Å². The first-order valence-electron chi connectivity index (χ1n) is 7.53. The van der Waals surface area contributed by atoms with Crippen molar-refractivity contribution in [2.24, 2.45) is 5.92 Å². The summed E-state index contributed by atoms with van der Waals surface area (Å²) in [5.41, 5.74) is 3.24. The van der Waals surface area contributed by atoms with Gasteiger partial charge in [-0.15, -0.1) is 0 Å². The molecule has 1 aromatic carbocycles. The number of fused-ring (bicyclic) bond motifs is 1. The largest absolute Gasteiger partial charge is 0.381 e. The molecule has 1 saturated heterocycles. The minimum Gasteiger partial charge on any atom is -0.381 e. The summed E-state index contributed by atoms with van der Waals surface area (Å²) < 4.78 is 5.27. The van der Waals surface area contributed by atoms with Crippen molar-refractivity contribution < 1.29 is 9.53 Å². The molecule has 112 valence electrons. The maximum absolute atomic E-state index is 12.0. The third-order valence-corrected chi connectivity index (χ3v) is 4.02. The van der Waals surface area contributed by atoms with Crippen molar-refractivity contribution in [2.45, 2.75) is 26.2 Å². The van der Waals surface area contributed by atoms with Crippen LogP contribution in [-0.2, 0) is 16.0 Å². The van der Waals surface area contributed by atoms with E-state index in [-0.39, 0.29) is 11.8 Å². The van der Waals surface area contributed by atoms with Crippen LogP contribution in [0.3, 0.4) is 0 Å². The summed E-state index contributed by atoms with van der Waals surface area (Å²) in [6.45, 7) is 4.07. The molecule has 2 aromatic rings. The highest BCUT2D eigenvalue weighted by atomic mass is 16.5. The summed E-state index contributed by atoms with van der Waals surface area (Å²) in [5.74, 6) is 1.17. The Balaban J connectivity index is 1.54. The lowest BCUT2D eigenvalue weighted by Gasteiger charge is -2.21. The van der Waals surface area contributed by atoms with Gasteiger partial charge < -0.3 is 15.0 Å². The molecule has 1 aliphatic rings. The van der Waals surface area contributed by atoms with Gasteiger partial charge in [-0.1, -0.05) is 12.1 Å². The van der Waals surface area contributed by atoms with Gasteiger partial charge >= 0.3 is 0 Å². The number of aromatic nitrogens is 2. The number of hydrogen-bond donors (Lipinski definition) is 2. The molecule has 2 heterocycles. The fourth-order valence-electron chi connectivity index (χ4n) is 2.75. The molecule has 0 unspecified atom stereocenters. The van der Waals surface area contributed by atoms with Gasteiger partial charge in [-0.25, -0.2) is 4.98 Å². The molecule has 5 heteroatoms. The predicted molar refractivity (Wildman–Crippen MR) is 81.1 cm³/mol. The van der Waals surface area contributed by atoms with Crippen molar-refractivity contribution in [3.8, 4) is 0 Å². The van der Waals surface area contributed by atoms with Crippen LogP contribution in [0, 0.1) is 12.8 Å². The van der Waals surface area contributed by atoms with Crippen LogP contribution in [0.4, 0.5) is 0 Å². The van der Waals surface area contributed by atoms with Crippen molar-refractivity contribution >= 4 is 16.9 Å². The highest BCUT2D eigenvalue weighted by Gasteiger charge is 2.20. The number of nitrogens with zero attached hydrogens (tertiary/aromatic N) is 1. The number of ether oxygens (including phenoxy) is 1. The lowest BCUT2D eigenvalue weighted by molar-refractivity contribution is -0.127. The number of imidazole rings is 1. The summed E-state index contributed by atoms with van der Waals surface area (Å²) in [7, 11) is 0. The van der Waals surface area contributed by atoms with Gasteiger partial charge in [0.15, 0.2) is 0 Å². The number of hydrogen-bond acceptors (Lipinski definition) is 3. The smallest absolute Gasteiger partial charge is 0.223 e.